The molecule has 4 aromatic rings. The van der Waals surface area contributed by atoms with E-state index in [9.17, 15) is 4.79 Å². The lowest BCUT2D eigenvalue weighted by molar-refractivity contribution is 0.194. The van der Waals surface area contributed by atoms with Gasteiger partial charge >= 0.3 is 6.03 Å². The summed E-state index contributed by atoms with van der Waals surface area (Å²) < 4.78 is 13.2. The number of anilines is 1. The molecule has 0 radical (unpaired) electrons. The van der Waals surface area contributed by atoms with E-state index >= 15 is 0 Å². The first kappa shape index (κ1) is 24.9. The molecule has 2 aromatic carbocycles. The SMILES string of the molecule is COc1cc(OC)c(NC(=O)N2Cc3c(sc4c3CCCC4)-n3cccc3C2c2cccc(C)c2)cc1Cl. The van der Waals surface area contributed by atoms with Crippen molar-refractivity contribution in [2.24, 2.45) is 0 Å². The summed E-state index contributed by atoms with van der Waals surface area (Å²) in [5, 5.41) is 4.74. The van der Waals surface area contributed by atoms with Crippen LogP contribution in [0, 0.1) is 6.92 Å². The van der Waals surface area contributed by atoms with Gasteiger partial charge in [-0.3, -0.25) is 0 Å². The van der Waals surface area contributed by atoms with Crippen LogP contribution in [-0.2, 0) is 19.4 Å². The highest BCUT2D eigenvalue weighted by atomic mass is 35.5. The molecule has 1 unspecified atom stereocenters. The molecule has 1 atom stereocenters. The lowest BCUT2D eigenvalue weighted by atomic mass is 9.95. The van der Waals surface area contributed by atoms with Gasteiger partial charge in [0.05, 0.1) is 43.2 Å². The molecule has 0 spiro atoms. The Morgan fingerprint density at radius 1 is 1.03 bits per heavy atom. The number of hydrogen-bond acceptors (Lipinski definition) is 4. The molecule has 2 aromatic heterocycles. The minimum atomic E-state index is -0.275. The summed E-state index contributed by atoms with van der Waals surface area (Å²) in [5.41, 5.74) is 6.47. The molecule has 6 nitrogen and oxygen atoms in total. The number of aromatic nitrogens is 1. The van der Waals surface area contributed by atoms with Gasteiger partial charge in [0.25, 0.3) is 0 Å². The highest BCUT2D eigenvalue weighted by Crippen LogP contribution is 2.44. The zero-order chi connectivity index (χ0) is 26.4. The van der Waals surface area contributed by atoms with Gasteiger partial charge in [-0.2, -0.15) is 0 Å². The highest BCUT2D eigenvalue weighted by Gasteiger charge is 2.36. The first-order valence-corrected chi connectivity index (χ1v) is 14.0. The largest absolute Gasteiger partial charge is 0.495 e. The number of hydrogen-bond donors (Lipinski definition) is 1. The fraction of sp³-hybridized carbons (Fsp3) is 0.300. The number of fused-ring (bicyclic) bond motifs is 5. The Morgan fingerprint density at radius 2 is 1.84 bits per heavy atom. The zero-order valence-electron chi connectivity index (χ0n) is 21.7. The van der Waals surface area contributed by atoms with E-state index in [1.54, 1.807) is 26.4 Å². The van der Waals surface area contributed by atoms with Crippen LogP contribution >= 0.6 is 22.9 Å². The van der Waals surface area contributed by atoms with E-state index in [4.69, 9.17) is 21.1 Å². The molecule has 196 valence electrons. The number of halogens is 1. The van der Waals surface area contributed by atoms with Gasteiger partial charge in [-0.15, -0.1) is 11.3 Å². The molecule has 38 heavy (non-hydrogen) atoms. The quantitative estimate of drug-likeness (QED) is 0.287. The van der Waals surface area contributed by atoms with Crippen molar-refractivity contribution in [1.82, 2.24) is 9.47 Å². The number of amides is 2. The Balaban J connectivity index is 1.49. The second kappa shape index (κ2) is 10.0. The third kappa shape index (κ3) is 4.24. The van der Waals surface area contributed by atoms with Gasteiger partial charge < -0.3 is 24.3 Å². The number of aryl methyl sites for hydroxylation is 2. The van der Waals surface area contributed by atoms with Crippen LogP contribution in [0.5, 0.6) is 11.5 Å². The van der Waals surface area contributed by atoms with E-state index in [0.29, 0.717) is 28.8 Å². The van der Waals surface area contributed by atoms with Crippen LogP contribution in [0.15, 0.2) is 54.7 Å². The fourth-order valence-electron chi connectivity index (χ4n) is 5.72. The standard InChI is InChI=1S/C30H30ClN3O3S/c1-18-8-6-9-19(14-18)28-24-11-7-13-33(24)29-21(20-10-4-5-12-27(20)38-29)17-34(28)30(35)32-23-15-22(31)25(36-2)16-26(23)37-3/h6-9,11,13-16,28H,4-5,10,12,17H2,1-3H3,(H,32,35). The van der Waals surface area contributed by atoms with E-state index in [1.165, 1.54) is 33.8 Å². The van der Waals surface area contributed by atoms with Gasteiger partial charge in [0.2, 0.25) is 0 Å². The van der Waals surface area contributed by atoms with E-state index in [2.05, 4.69) is 59.4 Å². The molecule has 2 amide bonds. The van der Waals surface area contributed by atoms with Crippen LogP contribution in [0.2, 0.25) is 5.02 Å². The molecule has 2 aliphatic rings. The molecule has 0 bridgehead atoms. The Labute approximate surface area is 231 Å². The molecule has 0 saturated heterocycles. The van der Waals surface area contributed by atoms with Crippen molar-refractivity contribution in [2.75, 3.05) is 19.5 Å². The summed E-state index contributed by atoms with van der Waals surface area (Å²) in [6.07, 6.45) is 6.71. The normalized spacial score (nSPS) is 16.2. The van der Waals surface area contributed by atoms with Crippen molar-refractivity contribution in [1.29, 1.82) is 0 Å². The van der Waals surface area contributed by atoms with E-state index in [-0.39, 0.29) is 12.1 Å². The summed E-state index contributed by atoms with van der Waals surface area (Å²) in [7, 11) is 3.12. The average molecular weight is 548 g/mol. The summed E-state index contributed by atoms with van der Waals surface area (Å²) >= 11 is 8.31. The Hall–Kier alpha value is -3.42. The highest BCUT2D eigenvalue weighted by molar-refractivity contribution is 7.15. The second-order valence-electron chi connectivity index (χ2n) is 9.86. The Morgan fingerprint density at radius 3 is 2.63 bits per heavy atom. The van der Waals surface area contributed by atoms with Crippen molar-refractivity contribution < 1.29 is 14.3 Å². The summed E-state index contributed by atoms with van der Waals surface area (Å²) in [6.45, 7) is 2.60. The molecular formula is C30H30ClN3O3S. The number of carbonyl (C=O) groups is 1. The summed E-state index contributed by atoms with van der Waals surface area (Å²) in [4.78, 5) is 17.6. The first-order valence-electron chi connectivity index (χ1n) is 12.8. The molecule has 1 aliphatic carbocycles. The first-order chi connectivity index (χ1) is 18.5. The minimum Gasteiger partial charge on any atom is -0.495 e. The van der Waals surface area contributed by atoms with E-state index in [0.717, 1.165) is 29.7 Å². The number of urea groups is 1. The van der Waals surface area contributed by atoms with Crippen LogP contribution in [0.4, 0.5) is 10.5 Å². The summed E-state index contributed by atoms with van der Waals surface area (Å²) in [5.74, 6) is 0.972. The number of nitrogens with one attached hydrogen (secondary N) is 1. The van der Waals surface area contributed by atoms with Gasteiger partial charge in [-0.25, -0.2) is 4.79 Å². The van der Waals surface area contributed by atoms with Gasteiger partial charge in [-0.1, -0.05) is 41.4 Å². The number of rotatable bonds is 4. The van der Waals surface area contributed by atoms with Crippen LogP contribution in [0.25, 0.3) is 5.00 Å². The smallest absolute Gasteiger partial charge is 0.323 e. The Kier molecular flexibility index (Phi) is 6.58. The number of methoxy groups -OCH3 is 2. The molecule has 8 heteroatoms. The molecule has 0 fully saturated rings. The molecular weight excluding hydrogens is 518 g/mol. The van der Waals surface area contributed by atoms with Crippen molar-refractivity contribution in [3.8, 4) is 16.5 Å². The predicted octanol–water partition coefficient (Wildman–Crippen LogP) is 7.53. The number of thiophene rings is 1. The zero-order valence-corrected chi connectivity index (χ0v) is 23.3. The maximum Gasteiger partial charge on any atom is 0.323 e. The fourth-order valence-corrected chi connectivity index (χ4v) is 7.37. The number of ether oxygens (including phenoxy) is 2. The number of benzene rings is 2. The van der Waals surface area contributed by atoms with E-state index < -0.39 is 0 Å². The maximum atomic E-state index is 14.2. The van der Waals surface area contributed by atoms with Gasteiger partial charge in [0, 0.05) is 22.7 Å². The topological polar surface area (TPSA) is 55.7 Å². The molecule has 6 rings (SSSR count). The molecule has 0 saturated carbocycles. The number of carbonyl (C=O) groups excluding carboxylic acids is 1. The third-order valence-electron chi connectivity index (χ3n) is 7.51. The second-order valence-corrected chi connectivity index (χ2v) is 11.4. The van der Waals surface area contributed by atoms with Crippen LogP contribution < -0.4 is 14.8 Å². The molecule has 3 heterocycles. The lowest BCUT2D eigenvalue weighted by Gasteiger charge is -2.32. The van der Waals surface area contributed by atoms with Crippen molar-refractivity contribution in [2.45, 2.75) is 45.2 Å². The van der Waals surface area contributed by atoms with Gasteiger partial charge in [0.15, 0.2) is 0 Å². The predicted molar refractivity (Wildman–Crippen MR) is 152 cm³/mol. The molecule has 1 N–H and O–H groups in total. The van der Waals surface area contributed by atoms with Crippen LogP contribution in [0.1, 0.15) is 51.7 Å². The van der Waals surface area contributed by atoms with Crippen LogP contribution in [-0.4, -0.2) is 29.7 Å². The Bertz CT molecular complexity index is 1530. The molecule has 1 aliphatic heterocycles. The average Bonchev–Trinajstić information content (AvgIpc) is 3.50. The minimum absolute atomic E-state index is 0.215. The van der Waals surface area contributed by atoms with Crippen molar-refractivity contribution >= 4 is 34.7 Å². The monoisotopic (exact) mass is 547 g/mol. The van der Waals surface area contributed by atoms with Gasteiger partial charge in [0.1, 0.15) is 16.5 Å². The van der Waals surface area contributed by atoms with Crippen molar-refractivity contribution in [3.05, 3.63) is 92.6 Å². The maximum absolute atomic E-state index is 14.2. The lowest BCUT2D eigenvalue weighted by Crippen LogP contribution is -2.38. The third-order valence-corrected chi connectivity index (χ3v) is 9.14. The van der Waals surface area contributed by atoms with Gasteiger partial charge in [-0.05, 0) is 61.9 Å². The summed E-state index contributed by atoms with van der Waals surface area (Å²) in [6, 6.07) is 15.5. The van der Waals surface area contributed by atoms with Crippen molar-refractivity contribution in [3.63, 3.8) is 0 Å². The number of nitrogens with zero attached hydrogens (tertiary/aromatic N) is 2. The van der Waals surface area contributed by atoms with E-state index in [1.807, 2.05) is 16.2 Å². The van der Waals surface area contributed by atoms with Crippen LogP contribution in [0.3, 0.4) is 0 Å².